The van der Waals surface area contributed by atoms with E-state index in [0.29, 0.717) is 12.2 Å². The summed E-state index contributed by atoms with van der Waals surface area (Å²) in [7, 11) is -3.02. The Kier molecular flexibility index (Phi) is 5.45. The lowest BCUT2D eigenvalue weighted by Crippen LogP contribution is -2.41. The number of carbonyl (C=O) groups excluding carboxylic acids is 1. The Balaban J connectivity index is 1.64. The third kappa shape index (κ3) is 4.59. The summed E-state index contributed by atoms with van der Waals surface area (Å²) in [4.78, 5) is 14.5. The van der Waals surface area contributed by atoms with Crippen molar-refractivity contribution in [2.24, 2.45) is 5.92 Å². The summed E-state index contributed by atoms with van der Waals surface area (Å²) in [6, 6.07) is 1.55. The van der Waals surface area contributed by atoms with Crippen molar-refractivity contribution in [1.29, 1.82) is 0 Å². The number of aliphatic hydroxyl groups is 1. The lowest BCUT2D eigenvalue weighted by atomic mass is 9.99. The fraction of sp³-hybridized carbons (Fsp3) is 0.750. The average Bonchev–Trinajstić information content (AvgIpc) is 3.09. The molecule has 9 heteroatoms. The van der Waals surface area contributed by atoms with Gasteiger partial charge in [0.05, 0.1) is 29.8 Å². The number of amides is 1. The molecule has 3 heterocycles. The summed E-state index contributed by atoms with van der Waals surface area (Å²) in [6.45, 7) is 3.82. The second kappa shape index (κ2) is 7.43. The monoisotopic (exact) mass is 370 g/mol. The fourth-order valence-corrected chi connectivity index (χ4v) is 5.38. The maximum Gasteiger partial charge on any atom is 0.239 e. The van der Waals surface area contributed by atoms with E-state index in [1.807, 2.05) is 11.8 Å². The molecule has 2 saturated heterocycles. The number of hydrogen-bond donors (Lipinski definition) is 2. The van der Waals surface area contributed by atoms with Crippen LogP contribution >= 0.6 is 0 Å². The van der Waals surface area contributed by atoms with Gasteiger partial charge in [0.25, 0.3) is 0 Å². The number of aliphatic hydroxyl groups excluding tert-OH is 1. The molecule has 0 radical (unpaired) electrons. The van der Waals surface area contributed by atoms with Crippen LogP contribution in [0.5, 0.6) is 0 Å². The number of carbonyl (C=O) groups is 1. The Morgan fingerprint density at radius 1 is 1.44 bits per heavy atom. The number of sulfone groups is 1. The number of anilines is 1. The Hall–Kier alpha value is -1.45. The third-order valence-corrected chi connectivity index (χ3v) is 6.66. The minimum Gasteiger partial charge on any atom is -0.396 e. The van der Waals surface area contributed by atoms with Crippen molar-refractivity contribution in [3.05, 3.63) is 11.8 Å². The SMILES string of the molecule is Cc1cc(NC(=O)CN2CCC[C@@H](CO)C2)n([C@H]2CCS(=O)(=O)C2)n1. The summed E-state index contributed by atoms with van der Waals surface area (Å²) in [5.74, 6) is 0.889. The van der Waals surface area contributed by atoms with Crippen LogP contribution in [0.4, 0.5) is 5.82 Å². The van der Waals surface area contributed by atoms with Gasteiger partial charge in [-0.25, -0.2) is 13.1 Å². The molecule has 2 fully saturated rings. The number of piperidine rings is 1. The lowest BCUT2D eigenvalue weighted by Gasteiger charge is -2.31. The zero-order chi connectivity index (χ0) is 18.0. The molecule has 2 atom stereocenters. The predicted molar refractivity (Wildman–Crippen MR) is 94.2 cm³/mol. The smallest absolute Gasteiger partial charge is 0.239 e. The number of nitrogens with one attached hydrogen (secondary N) is 1. The van der Waals surface area contributed by atoms with E-state index in [4.69, 9.17) is 0 Å². The summed E-state index contributed by atoms with van der Waals surface area (Å²) in [6.07, 6.45) is 2.50. The van der Waals surface area contributed by atoms with Crippen LogP contribution in [0.3, 0.4) is 0 Å². The van der Waals surface area contributed by atoms with Crippen molar-refractivity contribution >= 4 is 21.6 Å². The largest absolute Gasteiger partial charge is 0.396 e. The second-order valence-corrected chi connectivity index (χ2v) is 9.38. The molecule has 0 spiro atoms. The summed E-state index contributed by atoms with van der Waals surface area (Å²) in [5, 5.41) is 16.5. The Morgan fingerprint density at radius 3 is 2.92 bits per heavy atom. The Bertz CT molecular complexity index is 730. The van der Waals surface area contributed by atoms with Gasteiger partial charge in [-0.3, -0.25) is 9.69 Å². The molecule has 8 nitrogen and oxygen atoms in total. The number of likely N-dealkylation sites (tertiary alicyclic amines) is 1. The second-order valence-electron chi connectivity index (χ2n) is 7.15. The molecule has 3 rings (SSSR count). The number of aromatic nitrogens is 2. The van der Waals surface area contributed by atoms with E-state index in [-0.39, 0.29) is 42.5 Å². The molecule has 2 aliphatic rings. The molecule has 140 valence electrons. The quantitative estimate of drug-likeness (QED) is 0.767. The van der Waals surface area contributed by atoms with Crippen molar-refractivity contribution < 1.29 is 18.3 Å². The normalized spacial score (nSPS) is 26.6. The van der Waals surface area contributed by atoms with Crippen LogP contribution in [0.25, 0.3) is 0 Å². The molecule has 2 aliphatic heterocycles. The molecule has 2 N–H and O–H groups in total. The first-order valence-corrected chi connectivity index (χ1v) is 10.6. The molecular weight excluding hydrogens is 344 g/mol. The zero-order valence-corrected chi connectivity index (χ0v) is 15.3. The summed E-state index contributed by atoms with van der Waals surface area (Å²) < 4.78 is 25.1. The van der Waals surface area contributed by atoms with Gasteiger partial charge in [-0.2, -0.15) is 5.10 Å². The van der Waals surface area contributed by atoms with Gasteiger partial charge < -0.3 is 10.4 Å². The minimum atomic E-state index is -3.02. The molecular formula is C16H26N4O4S. The molecule has 1 amide bonds. The van der Waals surface area contributed by atoms with Crippen molar-refractivity contribution in [2.75, 3.05) is 43.1 Å². The maximum atomic E-state index is 12.4. The average molecular weight is 370 g/mol. The number of rotatable bonds is 5. The molecule has 0 bridgehead atoms. The Labute approximate surface area is 148 Å². The van der Waals surface area contributed by atoms with Crippen LogP contribution in [0, 0.1) is 12.8 Å². The predicted octanol–water partition coefficient (Wildman–Crippen LogP) is 0.194. The van der Waals surface area contributed by atoms with E-state index in [1.165, 1.54) is 0 Å². The van der Waals surface area contributed by atoms with Gasteiger partial charge in [-0.05, 0) is 38.6 Å². The van der Waals surface area contributed by atoms with Crippen molar-refractivity contribution in [1.82, 2.24) is 14.7 Å². The highest BCUT2D eigenvalue weighted by molar-refractivity contribution is 7.91. The highest BCUT2D eigenvalue weighted by Crippen LogP contribution is 2.27. The zero-order valence-electron chi connectivity index (χ0n) is 14.5. The van der Waals surface area contributed by atoms with Gasteiger partial charge in [-0.1, -0.05) is 0 Å². The highest BCUT2D eigenvalue weighted by Gasteiger charge is 2.31. The molecule has 1 aromatic heterocycles. The van der Waals surface area contributed by atoms with E-state index in [9.17, 15) is 18.3 Å². The number of hydrogen-bond acceptors (Lipinski definition) is 6. The van der Waals surface area contributed by atoms with Gasteiger partial charge in [0.1, 0.15) is 5.82 Å². The molecule has 0 unspecified atom stereocenters. The van der Waals surface area contributed by atoms with E-state index in [2.05, 4.69) is 10.4 Å². The number of aryl methyl sites for hydroxylation is 1. The molecule has 0 aliphatic carbocycles. The first kappa shape index (κ1) is 18.3. The molecule has 0 aromatic carbocycles. The van der Waals surface area contributed by atoms with Crippen LogP contribution in [0.15, 0.2) is 6.07 Å². The van der Waals surface area contributed by atoms with Crippen molar-refractivity contribution in [2.45, 2.75) is 32.2 Å². The molecule has 25 heavy (non-hydrogen) atoms. The van der Waals surface area contributed by atoms with Crippen LogP contribution in [-0.2, 0) is 14.6 Å². The minimum absolute atomic E-state index is 0.0707. The third-order valence-electron chi connectivity index (χ3n) is 4.91. The lowest BCUT2D eigenvalue weighted by molar-refractivity contribution is -0.117. The van der Waals surface area contributed by atoms with Crippen molar-refractivity contribution in [3.63, 3.8) is 0 Å². The van der Waals surface area contributed by atoms with Crippen LogP contribution < -0.4 is 5.32 Å². The van der Waals surface area contributed by atoms with E-state index in [0.717, 1.165) is 31.6 Å². The van der Waals surface area contributed by atoms with E-state index < -0.39 is 9.84 Å². The summed E-state index contributed by atoms with van der Waals surface area (Å²) in [5.41, 5.74) is 0.748. The van der Waals surface area contributed by atoms with Gasteiger partial charge in [0, 0.05) is 19.2 Å². The standard InChI is InChI=1S/C16H26N4O4S/c1-12-7-15(20(18-12)14-4-6-25(23,24)11-14)17-16(22)9-19-5-2-3-13(8-19)10-21/h7,13-14,21H,2-6,8-11H2,1H3,(H,17,22)/t13-,14+/m1/s1. The van der Waals surface area contributed by atoms with E-state index in [1.54, 1.807) is 10.7 Å². The maximum absolute atomic E-state index is 12.4. The van der Waals surface area contributed by atoms with Gasteiger partial charge >= 0.3 is 0 Å². The first-order valence-electron chi connectivity index (χ1n) is 8.76. The highest BCUT2D eigenvalue weighted by atomic mass is 32.2. The topological polar surface area (TPSA) is 105 Å². The van der Waals surface area contributed by atoms with E-state index >= 15 is 0 Å². The van der Waals surface area contributed by atoms with Crippen LogP contribution in [0.2, 0.25) is 0 Å². The van der Waals surface area contributed by atoms with Gasteiger partial charge in [-0.15, -0.1) is 0 Å². The van der Waals surface area contributed by atoms with Crippen molar-refractivity contribution in [3.8, 4) is 0 Å². The molecule has 0 saturated carbocycles. The van der Waals surface area contributed by atoms with Gasteiger partial charge in [0.2, 0.25) is 5.91 Å². The van der Waals surface area contributed by atoms with Gasteiger partial charge in [0.15, 0.2) is 9.84 Å². The molecule has 1 aromatic rings. The number of nitrogens with zero attached hydrogens (tertiary/aromatic N) is 3. The first-order chi connectivity index (χ1) is 11.9. The van der Waals surface area contributed by atoms with Crippen LogP contribution in [-0.4, -0.2) is 71.9 Å². The fourth-order valence-electron chi connectivity index (χ4n) is 3.69. The van der Waals surface area contributed by atoms with Crippen LogP contribution in [0.1, 0.15) is 31.0 Å². The Morgan fingerprint density at radius 2 is 2.24 bits per heavy atom. The summed E-state index contributed by atoms with van der Waals surface area (Å²) >= 11 is 0.